The van der Waals surface area contributed by atoms with Crippen LogP contribution in [0.3, 0.4) is 0 Å². The molecule has 4 rings (SSSR count). The van der Waals surface area contributed by atoms with Crippen LogP contribution in [0, 0.1) is 35.0 Å². The molecule has 4 aliphatic carbocycles. The molecule has 0 saturated heterocycles. The molecule has 0 radical (unpaired) electrons. The normalized spacial score (nSPS) is 67.6. The van der Waals surface area contributed by atoms with E-state index in [1.54, 1.807) is 38.5 Å². The lowest BCUT2D eigenvalue weighted by molar-refractivity contribution is -0.142. The minimum atomic E-state index is 0.922. The van der Waals surface area contributed by atoms with Crippen LogP contribution in [0.5, 0.6) is 0 Å². The molecule has 4 aliphatic rings. The summed E-state index contributed by atoms with van der Waals surface area (Å²) < 4.78 is 0. The summed E-state index contributed by atoms with van der Waals surface area (Å²) in [4.78, 5) is 0. The SMILES string of the molecule is CC1C2CCC3CC4CC1C2(C3)C4. The third-order valence-corrected chi connectivity index (χ3v) is 6.22. The van der Waals surface area contributed by atoms with Gasteiger partial charge in [-0.05, 0) is 67.1 Å². The zero-order chi connectivity index (χ0) is 8.63. The molecule has 0 aromatic carbocycles. The Kier molecular flexibility index (Phi) is 1.12. The standard InChI is InChI=1S/C13H20/c1-8-11-3-2-9-4-10-5-12(8)13(11,6-9)7-10/h8-12H,2-7H2,1H3. The molecule has 0 heterocycles. The van der Waals surface area contributed by atoms with Gasteiger partial charge in [-0.3, -0.25) is 0 Å². The minimum Gasteiger partial charge on any atom is -0.0619 e. The Morgan fingerprint density at radius 2 is 1.77 bits per heavy atom. The van der Waals surface area contributed by atoms with Gasteiger partial charge in [0, 0.05) is 0 Å². The molecular weight excluding hydrogens is 156 g/mol. The maximum Gasteiger partial charge on any atom is -0.0230 e. The Bertz CT molecular complexity index is 249. The van der Waals surface area contributed by atoms with Crippen molar-refractivity contribution in [2.45, 2.75) is 45.4 Å². The van der Waals surface area contributed by atoms with Crippen LogP contribution in [0.25, 0.3) is 0 Å². The molecule has 72 valence electrons. The molecule has 4 saturated carbocycles. The lowest BCUT2D eigenvalue weighted by Crippen LogP contribution is -2.56. The molecule has 0 heteroatoms. The Labute approximate surface area is 81.1 Å². The summed E-state index contributed by atoms with van der Waals surface area (Å²) >= 11 is 0. The van der Waals surface area contributed by atoms with Gasteiger partial charge in [0.05, 0.1) is 0 Å². The van der Waals surface area contributed by atoms with Gasteiger partial charge < -0.3 is 0 Å². The van der Waals surface area contributed by atoms with Gasteiger partial charge in [0.2, 0.25) is 0 Å². The van der Waals surface area contributed by atoms with E-state index in [9.17, 15) is 0 Å². The number of rotatable bonds is 0. The van der Waals surface area contributed by atoms with E-state index in [0.717, 1.165) is 23.2 Å². The second kappa shape index (κ2) is 1.99. The van der Waals surface area contributed by atoms with Gasteiger partial charge in [-0.15, -0.1) is 0 Å². The van der Waals surface area contributed by atoms with E-state index >= 15 is 0 Å². The highest BCUT2D eigenvalue weighted by Gasteiger charge is 2.67. The number of hydrogen-bond acceptors (Lipinski definition) is 0. The van der Waals surface area contributed by atoms with Crippen LogP contribution < -0.4 is 0 Å². The topological polar surface area (TPSA) is 0 Å². The first-order valence-electron chi connectivity index (χ1n) is 6.29. The predicted octanol–water partition coefficient (Wildman–Crippen LogP) is 3.47. The van der Waals surface area contributed by atoms with Crippen molar-refractivity contribution >= 4 is 0 Å². The van der Waals surface area contributed by atoms with Crippen LogP contribution in [0.1, 0.15) is 45.4 Å². The second-order valence-electron chi connectivity index (χ2n) is 6.49. The van der Waals surface area contributed by atoms with Gasteiger partial charge in [-0.25, -0.2) is 0 Å². The van der Waals surface area contributed by atoms with Crippen LogP contribution in [0.4, 0.5) is 0 Å². The highest BCUT2D eigenvalue weighted by molar-refractivity contribution is 5.16. The summed E-state index contributed by atoms with van der Waals surface area (Å²) in [5.74, 6) is 5.76. The number of fused-ring (bicyclic) bond motifs is 2. The molecule has 6 atom stereocenters. The lowest BCUT2D eigenvalue weighted by Gasteiger charge is -2.63. The van der Waals surface area contributed by atoms with Crippen molar-refractivity contribution in [3.8, 4) is 0 Å². The number of hydrogen-bond donors (Lipinski definition) is 0. The second-order valence-corrected chi connectivity index (χ2v) is 6.49. The van der Waals surface area contributed by atoms with Crippen molar-refractivity contribution in [1.29, 1.82) is 0 Å². The molecule has 13 heavy (non-hydrogen) atoms. The fourth-order valence-electron chi connectivity index (χ4n) is 6.06. The molecule has 6 unspecified atom stereocenters. The van der Waals surface area contributed by atoms with Crippen molar-refractivity contribution in [3.63, 3.8) is 0 Å². The van der Waals surface area contributed by atoms with E-state index in [0.29, 0.717) is 0 Å². The average Bonchev–Trinajstić information content (AvgIpc) is 2.38. The molecule has 0 aromatic rings. The monoisotopic (exact) mass is 176 g/mol. The van der Waals surface area contributed by atoms with Crippen molar-refractivity contribution in [3.05, 3.63) is 0 Å². The van der Waals surface area contributed by atoms with E-state index in [1.807, 2.05) is 0 Å². The highest BCUT2D eigenvalue weighted by Crippen LogP contribution is 2.75. The van der Waals surface area contributed by atoms with Crippen molar-refractivity contribution in [2.24, 2.45) is 35.0 Å². The summed E-state index contributed by atoms with van der Waals surface area (Å²) in [5, 5.41) is 0. The molecular formula is C13H20. The van der Waals surface area contributed by atoms with E-state index in [1.165, 1.54) is 11.8 Å². The molecule has 0 aliphatic heterocycles. The van der Waals surface area contributed by atoms with Crippen LogP contribution >= 0.6 is 0 Å². The minimum absolute atomic E-state index is 0.922. The summed E-state index contributed by atoms with van der Waals surface area (Å²) in [5.41, 5.74) is 0.922. The molecule has 0 N–H and O–H groups in total. The Balaban J connectivity index is 1.81. The van der Waals surface area contributed by atoms with E-state index in [4.69, 9.17) is 0 Å². The summed E-state index contributed by atoms with van der Waals surface area (Å²) in [6.45, 7) is 2.54. The molecule has 0 nitrogen and oxygen atoms in total. The molecule has 0 aromatic heterocycles. The third kappa shape index (κ3) is 0.649. The third-order valence-electron chi connectivity index (χ3n) is 6.22. The molecule has 1 spiro atoms. The summed E-state index contributed by atoms with van der Waals surface area (Å²) in [6, 6.07) is 0. The van der Waals surface area contributed by atoms with Gasteiger partial charge in [-0.1, -0.05) is 13.3 Å². The maximum atomic E-state index is 2.54. The average molecular weight is 176 g/mol. The summed E-state index contributed by atoms with van der Waals surface area (Å²) in [7, 11) is 0. The Morgan fingerprint density at radius 1 is 0.923 bits per heavy atom. The van der Waals surface area contributed by atoms with Crippen LogP contribution in [-0.4, -0.2) is 0 Å². The van der Waals surface area contributed by atoms with Crippen molar-refractivity contribution < 1.29 is 0 Å². The zero-order valence-corrected chi connectivity index (χ0v) is 8.63. The largest absolute Gasteiger partial charge is 0.0619 e. The first kappa shape index (κ1) is 7.31. The van der Waals surface area contributed by atoms with Gasteiger partial charge in [0.15, 0.2) is 0 Å². The maximum absolute atomic E-state index is 2.54. The summed E-state index contributed by atoms with van der Waals surface area (Å²) in [6.07, 6.45) is 9.69. The van der Waals surface area contributed by atoms with Crippen LogP contribution in [-0.2, 0) is 0 Å². The van der Waals surface area contributed by atoms with E-state index in [-0.39, 0.29) is 0 Å². The van der Waals surface area contributed by atoms with Gasteiger partial charge in [0.25, 0.3) is 0 Å². The van der Waals surface area contributed by atoms with Gasteiger partial charge in [0.1, 0.15) is 0 Å². The first-order chi connectivity index (χ1) is 6.29. The van der Waals surface area contributed by atoms with Crippen molar-refractivity contribution in [1.82, 2.24) is 0 Å². The van der Waals surface area contributed by atoms with Gasteiger partial charge >= 0.3 is 0 Å². The van der Waals surface area contributed by atoms with Crippen LogP contribution in [0.2, 0.25) is 0 Å². The van der Waals surface area contributed by atoms with E-state index in [2.05, 4.69) is 6.92 Å². The molecule has 3 bridgehead atoms. The molecule has 4 fully saturated rings. The van der Waals surface area contributed by atoms with Gasteiger partial charge in [-0.2, -0.15) is 0 Å². The smallest absolute Gasteiger partial charge is 0.0230 e. The molecule has 0 amide bonds. The lowest BCUT2D eigenvalue weighted by atomic mass is 9.42. The van der Waals surface area contributed by atoms with Crippen LogP contribution in [0.15, 0.2) is 0 Å². The predicted molar refractivity (Wildman–Crippen MR) is 53.3 cm³/mol. The fraction of sp³-hybridized carbons (Fsp3) is 1.00. The highest BCUT2D eigenvalue weighted by atomic mass is 14.7. The quantitative estimate of drug-likeness (QED) is 0.530. The Morgan fingerprint density at radius 3 is 2.69 bits per heavy atom. The zero-order valence-electron chi connectivity index (χ0n) is 8.63. The fourth-order valence-corrected chi connectivity index (χ4v) is 6.06. The first-order valence-corrected chi connectivity index (χ1v) is 6.29. The van der Waals surface area contributed by atoms with Crippen molar-refractivity contribution in [2.75, 3.05) is 0 Å². The van der Waals surface area contributed by atoms with E-state index < -0.39 is 0 Å². The Hall–Kier alpha value is 0.